The van der Waals surface area contributed by atoms with Gasteiger partial charge in [0.2, 0.25) is 11.8 Å². The average molecular weight is 165 g/mol. The Morgan fingerprint density at radius 1 is 0.909 bits per heavy atom. The van der Waals surface area contributed by atoms with Crippen molar-refractivity contribution in [3.63, 3.8) is 0 Å². The molecule has 0 aromatic carbocycles. The first-order valence-electron chi connectivity index (χ1n) is 3.52. The van der Waals surface area contributed by atoms with Gasteiger partial charge >= 0.3 is 0 Å². The number of nitrogens with one attached hydrogen (secondary N) is 1. The molecule has 0 fully saturated rings. The van der Waals surface area contributed by atoms with Gasteiger partial charge in [0.25, 0.3) is 0 Å². The Bertz CT molecular complexity index is 110. The Labute approximate surface area is 65.3 Å². The van der Waals surface area contributed by atoms with Crippen molar-refractivity contribution in [2.24, 2.45) is 0 Å². The normalized spacial score (nSPS) is 13.6. The van der Waals surface area contributed by atoms with E-state index in [-0.39, 0.29) is 12.8 Å². The molecule has 0 aromatic heterocycles. The third kappa shape index (κ3) is 4.28. The third-order valence-corrected chi connectivity index (χ3v) is 1.39. The van der Waals surface area contributed by atoms with Gasteiger partial charge in [0.05, 0.1) is 0 Å². The van der Waals surface area contributed by atoms with Gasteiger partial charge in [0.15, 0.2) is 0 Å². The first-order chi connectivity index (χ1) is 4.83. The van der Waals surface area contributed by atoms with Crippen molar-refractivity contribution in [2.45, 2.75) is 38.5 Å². The Hall–Kier alpha value is -0.200. The lowest BCUT2D eigenvalue weighted by Gasteiger charge is -2.30. The summed E-state index contributed by atoms with van der Waals surface area (Å²) in [6, 6.07) is 0. The summed E-state index contributed by atoms with van der Waals surface area (Å²) in [6.07, 6.45) is -0.0637. The van der Waals surface area contributed by atoms with E-state index in [4.69, 9.17) is 20.4 Å². The second-order valence-corrected chi connectivity index (χ2v) is 2.47. The van der Waals surface area contributed by atoms with Crippen LogP contribution in [0.2, 0.25) is 0 Å². The second-order valence-electron chi connectivity index (χ2n) is 2.47. The molecule has 5 heteroatoms. The quantitative estimate of drug-likeness (QED) is 0.333. The van der Waals surface area contributed by atoms with E-state index in [2.05, 4.69) is 0 Å². The van der Waals surface area contributed by atoms with E-state index in [0.717, 1.165) is 0 Å². The highest BCUT2D eigenvalue weighted by Crippen LogP contribution is 2.08. The highest BCUT2D eigenvalue weighted by atomic mass is 16.6. The molecular weight excluding hydrogens is 150 g/mol. The fraction of sp³-hybridized carbons (Fsp3) is 1.00. The fourth-order valence-electron chi connectivity index (χ4n) is 0.497. The second kappa shape index (κ2) is 3.46. The van der Waals surface area contributed by atoms with E-state index in [1.807, 2.05) is 5.32 Å². The highest BCUT2D eigenvalue weighted by molar-refractivity contribution is 4.66. The molecule has 0 atom stereocenters. The lowest BCUT2D eigenvalue weighted by molar-refractivity contribution is -0.287. The molecule has 0 saturated heterocycles. The number of rotatable bonds is 4. The molecule has 11 heavy (non-hydrogen) atoms. The largest absolute Gasteiger partial charge is 0.353 e. The van der Waals surface area contributed by atoms with E-state index < -0.39 is 11.8 Å². The van der Waals surface area contributed by atoms with Gasteiger partial charge < -0.3 is 20.4 Å². The number of hydrogen-bond donors (Lipinski definition) is 5. The lowest BCUT2D eigenvalue weighted by atomic mass is 10.3. The summed E-state index contributed by atoms with van der Waals surface area (Å²) in [4.78, 5) is 0. The van der Waals surface area contributed by atoms with Gasteiger partial charge in [-0.05, 0) is 0 Å². The van der Waals surface area contributed by atoms with Gasteiger partial charge in [-0.3, -0.25) is 0 Å². The van der Waals surface area contributed by atoms with E-state index in [0.29, 0.717) is 0 Å². The maximum Gasteiger partial charge on any atom is 0.226 e. The van der Waals surface area contributed by atoms with Crippen molar-refractivity contribution in [3.8, 4) is 0 Å². The fourth-order valence-corrected chi connectivity index (χ4v) is 0.497. The van der Waals surface area contributed by atoms with E-state index >= 15 is 0 Å². The van der Waals surface area contributed by atoms with Crippen LogP contribution in [0.5, 0.6) is 0 Å². The molecule has 0 spiro atoms. The first-order valence-corrected chi connectivity index (χ1v) is 3.52. The van der Waals surface area contributed by atoms with Gasteiger partial charge in [-0.25, -0.2) is 5.32 Å². The molecule has 0 saturated carbocycles. The molecule has 0 amide bonds. The summed E-state index contributed by atoms with van der Waals surface area (Å²) in [7, 11) is 0. The zero-order chi connectivity index (χ0) is 9.12. The molecule has 5 nitrogen and oxygen atoms in total. The molecule has 68 valence electrons. The van der Waals surface area contributed by atoms with Crippen LogP contribution in [0.3, 0.4) is 0 Å². The van der Waals surface area contributed by atoms with Gasteiger partial charge in [0, 0.05) is 12.8 Å². The predicted octanol–water partition coefficient (Wildman–Crippen LogP) is -1.33. The zero-order valence-electron chi connectivity index (χ0n) is 6.70. The van der Waals surface area contributed by atoms with Crippen molar-refractivity contribution in [3.05, 3.63) is 0 Å². The molecule has 0 rings (SSSR count). The van der Waals surface area contributed by atoms with Crippen molar-refractivity contribution in [1.82, 2.24) is 5.32 Å². The average Bonchev–Trinajstić information content (AvgIpc) is 1.86. The van der Waals surface area contributed by atoms with E-state index in [1.54, 1.807) is 0 Å². The third-order valence-electron chi connectivity index (χ3n) is 1.39. The lowest BCUT2D eigenvalue weighted by Crippen LogP contribution is -2.57. The minimum atomic E-state index is -2.22. The smallest absolute Gasteiger partial charge is 0.226 e. The van der Waals surface area contributed by atoms with Crippen LogP contribution in [0.4, 0.5) is 0 Å². The summed E-state index contributed by atoms with van der Waals surface area (Å²) in [5.41, 5.74) is 0. The van der Waals surface area contributed by atoms with Crippen LogP contribution in [0, 0.1) is 0 Å². The van der Waals surface area contributed by atoms with Crippen molar-refractivity contribution in [1.29, 1.82) is 0 Å². The maximum atomic E-state index is 8.91. The van der Waals surface area contributed by atoms with Crippen LogP contribution in [0.25, 0.3) is 0 Å². The summed E-state index contributed by atoms with van der Waals surface area (Å²) in [6.45, 7) is 3.00. The van der Waals surface area contributed by atoms with Crippen LogP contribution in [0.15, 0.2) is 0 Å². The first kappa shape index (κ1) is 10.8. The van der Waals surface area contributed by atoms with Crippen molar-refractivity contribution < 1.29 is 20.4 Å². The van der Waals surface area contributed by atoms with Crippen molar-refractivity contribution in [2.75, 3.05) is 0 Å². The van der Waals surface area contributed by atoms with Gasteiger partial charge in [-0.1, -0.05) is 13.8 Å². The molecule has 0 heterocycles. The Morgan fingerprint density at radius 2 is 1.18 bits per heavy atom. The summed E-state index contributed by atoms with van der Waals surface area (Å²) in [5.74, 6) is -4.45. The monoisotopic (exact) mass is 165 g/mol. The molecule has 5 N–H and O–H groups in total. The van der Waals surface area contributed by atoms with Gasteiger partial charge in [0.1, 0.15) is 0 Å². The SMILES string of the molecule is CCC(O)(O)NC(O)(O)CC. The number of aliphatic hydroxyl groups is 4. The summed E-state index contributed by atoms with van der Waals surface area (Å²) < 4.78 is 0. The molecule has 0 aromatic rings. The minimum absolute atomic E-state index is 0.0319. The Balaban J connectivity index is 4.02. The summed E-state index contributed by atoms with van der Waals surface area (Å²) >= 11 is 0. The predicted molar refractivity (Wildman–Crippen MR) is 38.1 cm³/mol. The van der Waals surface area contributed by atoms with E-state index in [1.165, 1.54) is 13.8 Å². The molecular formula is C6H15NO4. The molecule has 0 unspecified atom stereocenters. The number of hydrogen-bond acceptors (Lipinski definition) is 5. The van der Waals surface area contributed by atoms with Crippen molar-refractivity contribution >= 4 is 0 Å². The molecule has 0 bridgehead atoms. The minimum Gasteiger partial charge on any atom is -0.353 e. The summed E-state index contributed by atoms with van der Waals surface area (Å²) in [5, 5.41) is 37.5. The van der Waals surface area contributed by atoms with E-state index in [9.17, 15) is 0 Å². The standard InChI is InChI=1S/C6H15NO4/c1-3-5(8,9)7-6(10,11)4-2/h7-11H,3-4H2,1-2H3. The van der Waals surface area contributed by atoms with Crippen LogP contribution < -0.4 is 5.32 Å². The van der Waals surface area contributed by atoms with Crippen LogP contribution in [-0.2, 0) is 0 Å². The Kier molecular flexibility index (Phi) is 3.40. The van der Waals surface area contributed by atoms with Crippen LogP contribution in [0.1, 0.15) is 26.7 Å². The molecule has 0 radical (unpaired) electrons. The van der Waals surface area contributed by atoms with Gasteiger partial charge in [-0.15, -0.1) is 0 Å². The van der Waals surface area contributed by atoms with Gasteiger partial charge in [-0.2, -0.15) is 0 Å². The molecule has 0 aliphatic carbocycles. The molecule has 0 aliphatic heterocycles. The highest BCUT2D eigenvalue weighted by Gasteiger charge is 2.31. The zero-order valence-corrected chi connectivity index (χ0v) is 6.70. The Morgan fingerprint density at radius 3 is 1.36 bits per heavy atom. The van der Waals surface area contributed by atoms with Crippen LogP contribution >= 0.6 is 0 Å². The maximum absolute atomic E-state index is 8.91. The topological polar surface area (TPSA) is 93.0 Å². The van der Waals surface area contributed by atoms with Crippen LogP contribution in [-0.4, -0.2) is 32.2 Å². The molecule has 0 aliphatic rings.